The van der Waals surface area contributed by atoms with Gasteiger partial charge in [-0.05, 0) is 23.5 Å². The van der Waals surface area contributed by atoms with Crippen LogP contribution in [0.5, 0.6) is 0 Å². The van der Waals surface area contributed by atoms with Gasteiger partial charge in [0.05, 0.1) is 12.6 Å². The van der Waals surface area contributed by atoms with Gasteiger partial charge in [-0.3, -0.25) is 14.4 Å². The summed E-state index contributed by atoms with van der Waals surface area (Å²) in [7, 11) is 0. The van der Waals surface area contributed by atoms with Gasteiger partial charge >= 0.3 is 5.97 Å². The molecule has 2 rings (SSSR count). The van der Waals surface area contributed by atoms with Crippen molar-refractivity contribution in [3.63, 3.8) is 0 Å². The Kier molecular flexibility index (Phi) is 11.7. The summed E-state index contributed by atoms with van der Waals surface area (Å²) < 4.78 is 0. The molecule has 7 N–H and O–H groups in total. The van der Waals surface area contributed by atoms with E-state index in [9.17, 15) is 29.4 Å². The SMILES string of the molecule is CCC(C)C(NC(=O)C(N)Cc1ccccc1)C(=O)NC(CO)C(=O)NC(Cc1ccccc1)C(=O)O. The zero-order valence-corrected chi connectivity index (χ0v) is 21.1. The van der Waals surface area contributed by atoms with Crippen LogP contribution in [0.4, 0.5) is 0 Å². The summed E-state index contributed by atoms with van der Waals surface area (Å²) in [4.78, 5) is 50.3. The molecule has 0 radical (unpaired) electrons. The number of aliphatic carboxylic acids is 1. The van der Waals surface area contributed by atoms with Crippen molar-refractivity contribution in [3.05, 3.63) is 71.8 Å². The molecule has 3 amide bonds. The van der Waals surface area contributed by atoms with Crippen LogP contribution in [-0.4, -0.2) is 64.7 Å². The Morgan fingerprint density at radius 3 is 1.78 bits per heavy atom. The predicted molar refractivity (Wildman–Crippen MR) is 138 cm³/mol. The third-order valence-electron chi connectivity index (χ3n) is 6.14. The van der Waals surface area contributed by atoms with Gasteiger partial charge in [0.1, 0.15) is 18.1 Å². The first-order valence-electron chi connectivity index (χ1n) is 12.2. The maximum absolute atomic E-state index is 13.1. The molecule has 0 bridgehead atoms. The van der Waals surface area contributed by atoms with Crippen molar-refractivity contribution in [1.29, 1.82) is 0 Å². The van der Waals surface area contributed by atoms with Crippen molar-refractivity contribution in [1.82, 2.24) is 16.0 Å². The van der Waals surface area contributed by atoms with Crippen molar-refractivity contribution < 1.29 is 29.4 Å². The van der Waals surface area contributed by atoms with Crippen LogP contribution in [0.1, 0.15) is 31.4 Å². The summed E-state index contributed by atoms with van der Waals surface area (Å²) >= 11 is 0. The van der Waals surface area contributed by atoms with Gasteiger partial charge in [0.2, 0.25) is 17.7 Å². The van der Waals surface area contributed by atoms with Crippen LogP contribution in [0.25, 0.3) is 0 Å². The molecule has 0 saturated carbocycles. The number of rotatable bonds is 14. The summed E-state index contributed by atoms with van der Waals surface area (Å²) in [5.74, 6) is -3.62. The number of nitrogens with two attached hydrogens (primary N) is 1. The number of carbonyl (C=O) groups excluding carboxylic acids is 3. The van der Waals surface area contributed by atoms with Crippen LogP contribution in [-0.2, 0) is 32.0 Å². The smallest absolute Gasteiger partial charge is 0.326 e. The molecule has 0 aliphatic carbocycles. The van der Waals surface area contributed by atoms with Crippen molar-refractivity contribution >= 4 is 23.7 Å². The molecule has 0 aromatic heterocycles. The van der Waals surface area contributed by atoms with Crippen LogP contribution in [0, 0.1) is 5.92 Å². The van der Waals surface area contributed by atoms with Crippen LogP contribution >= 0.6 is 0 Å². The maximum Gasteiger partial charge on any atom is 0.326 e. The zero-order chi connectivity index (χ0) is 27.4. The normalized spacial score (nSPS) is 14.9. The number of carboxylic acids is 1. The van der Waals surface area contributed by atoms with Gasteiger partial charge < -0.3 is 31.9 Å². The molecular formula is C27H36N4O6. The van der Waals surface area contributed by atoms with Gasteiger partial charge in [0.15, 0.2) is 0 Å². The molecular weight excluding hydrogens is 476 g/mol. The number of carbonyl (C=O) groups is 4. The Hall–Kier alpha value is -3.76. The highest BCUT2D eigenvalue weighted by molar-refractivity contribution is 5.94. The van der Waals surface area contributed by atoms with E-state index in [2.05, 4.69) is 16.0 Å². The summed E-state index contributed by atoms with van der Waals surface area (Å²) in [6.45, 7) is 2.85. The summed E-state index contributed by atoms with van der Waals surface area (Å²) in [5, 5.41) is 26.8. The van der Waals surface area contributed by atoms with Gasteiger partial charge in [-0.2, -0.15) is 0 Å². The van der Waals surface area contributed by atoms with Gasteiger partial charge in [0.25, 0.3) is 0 Å². The fraction of sp³-hybridized carbons (Fsp3) is 0.407. The largest absolute Gasteiger partial charge is 0.480 e. The fourth-order valence-corrected chi connectivity index (χ4v) is 3.70. The third-order valence-corrected chi connectivity index (χ3v) is 6.14. The molecule has 0 aliphatic heterocycles. The van der Waals surface area contributed by atoms with Crippen LogP contribution in [0.3, 0.4) is 0 Å². The molecule has 10 heteroatoms. The Labute approximate surface area is 216 Å². The number of benzene rings is 2. The summed E-state index contributed by atoms with van der Waals surface area (Å²) in [6.07, 6.45) is 0.848. The Bertz CT molecular complexity index is 1030. The van der Waals surface area contributed by atoms with E-state index in [1.165, 1.54) is 0 Å². The molecule has 2 aromatic rings. The van der Waals surface area contributed by atoms with E-state index in [1.54, 1.807) is 37.3 Å². The standard InChI is InChI=1S/C27H36N4O6/c1-3-17(2)23(31-24(33)20(28)14-18-10-6-4-7-11-18)26(35)30-22(16-32)25(34)29-21(27(36)37)15-19-12-8-5-9-13-19/h4-13,17,20-23,32H,3,14-16,28H2,1-2H3,(H,29,34)(H,30,35)(H,31,33)(H,36,37). The predicted octanol–water partition coefficient (Wildman–Crippen LogP) is 0.377. The first kappa shape index (κ1) is 29.5. The highest BCUT2D eigenvalue weighted by Crippen LogP contribution is 2.10. The van der Waals surface area contributed by atoms with E-state index in [-0.39, 0.29) is 18.8 Å². The quantitative estimate of drug-likeness (QED) is 0.212. The van der Waals surface area contributed by atoms with Gasteiger partial charge in [-0.1, -0.05) is 80.9 Å². The van der Waals surface area contributed by atoms with E-state index < -0.39 is 54.5 Å². The molecule has 0 spiro atoms. The Morgan fingerprint density at radius 2 is 1.30 bits per heavy atom. The lowest BCUT2D eigenvalue weighted by Crippen LogP contribution is -2.59. The highest BCUT2D eigenvalue weighted by Gasteiger charge is 2.32. The highest BCUT2D eigenvalue weighted by atomic mass is 16.4. The van der Waals surface area contributed by atoms with Crippen molar-refractivity contribution in [3.8, 4) is 0 Å². The molecule has 10 nitrogen and oxygen atoms in total. The Balaban J connectivity index is 2.05. The molecule has 5 atom stereocenters. The number of aliphatic hydroxyl groups is 1. The van der Waals surface area contributed by atoms with E-state index in [0.717, 1.165) is 5.56 Å². The second-order valence-electron chi connectivity index (χ2n) is 9.00. The van der Waals surface area contributed by atoms with Crippen molar-refractivity contribution in [2.24, 2.45) is 11.7 Å². The van der Waals surface area contributed by atoms with Gasteiger partial charge in [-0.25, -0.2) is 4.79 Å². The average molecular weight is 513 g/mol. The van der Waals surface area contributed by atoms with E-state index in [4.69, 9.17) is 5.73 Å². The molecule has 37 heavy (non-hydrogen) atoms. The fourth-order valence-electron chi connectivity index (χ4n) is 3.70. The van der Waals surface area contributed by atoms with E-state index in [0.29, 0.717) is 12.0 Å². The minimum Gasteiger partial charge on any atom is -0.480 e. The molecule has 0 saturated heterocycles. The van der Waals surface area contributed by atoms with Gasteiger partial charge in [-0.15, -0.1) is 0 Å². The number of hydrogen-bond donors (Lipinski definition) is 6. The summed E-state index contributed by atoms with van der Waals surface area (Å²) in [6, 6.07) is 13.4. The molecule has 200 valence electrons. The van der Waals surface area contributed by atoms with Gasteiger partial charge in [0, 0.05) is 6.42 Å². The minimum atomic E-state index is -1.41. The second-order valence-corrected chi connectivity index (χ2v) is 9.00. The number of aliphatic hydroxyl groups excluding tert-OH is 1. The lowest BCUT2D eigenvalue weighted by molar-refractivity contribution is -0.142. The van der Waals surface area contributed by atoms with Crippen LogP contribution < -0.4 is 21.7 Å². The molecule has 2 aromatic carbocycles. The monoisotopic (exact) mass is 512 g/mol. The number of nitrogens with one attached hydrogen (secondary N) is 3. The third kappa shape index (κ3) is 9.32. The first-order valence-corrected chi connectivity index (χ1v) is 12.2. The average Bonchev–Trinajstić information content (AvgIpc) is 2.90. The zero-order valence-electron chi connectivity index (χ0n) is 21.1. The molecule has 0 aliphatic rings. The number of carboxylic acid groups (broad SMARTS) is 1. The van der Waals surface area contributed by atoms with Crippen molar-refractivity contribution in [2.75, 3.05) is 6.61 Å². The lowest BCUT2D eigenvalue weighted by atomic mass is 9.97. The molecule has 0 heterocycles. The van der Waals surface area contributed by atoms with Crippen molar-refractivity contribution in [2.45, 2.75) is 57.3 Å². The molecule has 5 unspecified atom stereocenters. The maximum atomic E-state index is 13.1. The van der Waals surface area contributed by atoms with E-state index >= 15 is 0 Å². The number of amides is 3. The van der Waals surface area contributed by atoms with Crippen LogP contribution in [0.2, 0.25) is 0 Å². The Morgan fingerprint density at radius 1 is 0.784 bits per heavy atom. The molecule has 0 fully saturated rings. The summed E-state index contributed by atoms with van der Waals surface area (Å²) in [5.41, 5.74) is 7.63. The second kappa shape index (κ2) is 14.7. The lowest BCUT2D eigenvalue weighted by Gasteiger charge is -2.27. The number of hydrogen-bond acceptors (Lipinski definition) is 6. The van der Waals surface area contributed by atoms with E-state index in [1.807, 2.05) is 37.3 Å². The van der Waals surface area contributed by atoms with Crippen LogP contribution in [0.15, 0.2) is 60.7 Å². The minimum absolute atomic E-state index is 0.0266. The first-order chi connectivity index (χ1) is 17.7. The topological polar surface area (TPSA) is 171 Å².